The highest BCUT2D eigenvalue weighted by molar-refractivity contribution is 6.31. The van der Waals surface area contributed by atoms with Crippen molar-refractivity contribution in [2.75, 3.05) is 31.3 Å². The van der Waals surface area contributed by atoms with Crippen molar-refractivity contribution >= 4 is 34.8 Å². The second kappa shape index (κ2) is 7.68. The standard InChI is InChI=1S/C20H19Cl2NO4/c21-14-3-6-16(7-4-14)25-10-1-9-23-18-8-5-15(22)13-17(18)20(19(23)24)26-11-2-12-27-20/h3-8,13H,1-2,9-12H2. The number of benzene rings is 2. The molecule has 0 unspecified atom stereocenters. The summed E-state index contributed by atoms with van der Waals surface area (Å²) in [6.07, 6.45) is 1.42. The van der Waals surface area contributed by atoms with Gasteiger partial charge in [-0.05, 0) is 55.3 Å². The van der Waals surface area contributed by atoms with Crippen molar-refractivity contribution in [1.82, 2.24) is 0 Å². The maximum atomic E-state index is 13.1. The first-order chi connectivity index (χ1) is 13.1. The Hall–Kier alpha value is -1.79. The summed E-state index contributed by atoms with van der Waals surface area (Å²) in [6.45, 7) is 1.93. The fourth-order valence-electron chi connectivity index (χ4n) is 3.39. The van der Waals surface area contributed by atoms with E-state index in [4.69, 9.17) is 37.4 Å². The minimum atomic E-state index is -1.37. The zero-order chi connectivity index (χ0) is 18.9. The average molecular weight is 408 g/mol. The number of halogens is 2. The number of carbonyl (C=O) groups excluding carboxylic acids is 1. The lowest BCUT2D eigenvalue weighted by Gasteiger charge is -2.32. The predicted molar refractivity (Wildman–Crippen MR) is 104 cm³/mol. The van der Waals surface area contributed by atoms with Crippen LogP contribution in [-0.4, -0.2) is 32.3 Å². The van der Waals surface area contributed by atoms with E-state index < -0.39 is 5.79 Å². The van der Waals surface area contributed by atoms with Crippen LogP contribution in [0, 0.1) is 0 Å². The monoisotopic (exact) mass is 407 g/mol. The van der Waals surface area contributed by atoms with Gasteiger partial charge in [-0.2, -0.15) is 0 Å². The summed E-state index contributed by atoms with van der Waals surface area (Å²) < 4.78 is 17.4. The summed E-state index contributed by atoms with van der Waals surface area (Å²) in [5.41, 5.74) is 1.45. The number of carbonyl (C=O) groups is 1. The Labute approximate surface area is 167 Å². The number of rotatable bonds is 5. The lowest BCUT2D eigenvalue weighted by atomic mass is 10.1. The van der Waals surface area contributed by atoms with Crippen LogP contribution in [0.15, 0.2) is 42.5 Å². The Balaban J connectivity index is 1.46. The molecule has 1 saturated heterocycles. The quantitative estimate of drug-likeness (QED) is 0.689. The summed E-state index contributed by atoms with van der Waals surface area (Å²) in [6, 6.07) is 12.6. The normalized spacial score (nSPS) is 18.0. The molecular weight excluding hydrogens is 389 g/mol. The second-order valence-corrected chi connectivity index (χ2v) is 7.31. The zero-order valence-electron chi connectivity index (χ0n) is 14.6. The molecule has 0 atom stereocenters. The van der Waals surface area contributed by atoms with E-state index in [0.29, 0.717) is 48.4 Å². The van der Waals surface area contributed by atoms with Gasteiger partial charge in [0.1, 0.15) is 5.75 Å². The third-order valence-electron chi connectivity index (χ3n) is 4.64. The molecule has 5 nitrogen and oxygen atoms in total. The molecule has 2 aliphatic rings. The molecule has 2 aliphatic heterocycles. The van der Waals surface area contributed by atoms with Crippen LogP contribution in [0.2, 0.25) is 10.0 Å². The van der Waals surface area contributed by atoms with Gasteiger partial charge in [0.25, 0.3) is 11.7 Å². The van der Waals surface area contributed by atoms with Crippen molar-refractivity contribution in [1.29, 1.82) is 0 Å². The van der Waals surface area contributed by atoms with E-state index in [1.54, 1.807) is 29.2 Å². The minimum Gasteiger partial charge on any atom is -0.494 e. The number of ether oxygens (including phenoxy) is 3. The zero-order valence-corrected chi connectivity index (χ0v) is 16.1. The summed E-state index contributed by atoms with van der Waals surface area (Å²) in [4.78, 5) is 14.8. The molecule has 0 aliphatic carbocycles. The maximum Gasteiger partial charge on any atom is 0.292 e. The maximum absolute atomic E-state index is 13.1. The van der Waals surface area contributed by atoms with Crippen molar-refractivity contribution < 1.29 is 19.0 Å². The first kappa shape index (κ1) is 18.6. The number of amides is 1. The Kier molecular flexibility index (Phi) is 5.28. The van der Waals surface area contributed by atoms with Gasteiger partial charge in [0.2, 0.25) is 0 Å². The number of fused-ring (bicyclic) bond motifs is 2. The van der Waals surface area contributed by atoms with Gasteiger partial charge in [-0.15, -0.1) is 0 Å². The molecule has 0 saturated carbocycles. The van der Waals surface area contributed by atoms with Crippen molar-refractivity contribution in [3.63, 3.8) is 0 Å². The molecule has 27 heavy (non-hydrogen) atoms. The Morgan fingerprint density at radius 1 is 1.04 bits per heavy atom. The van der Waals surface area contributed by atoms with Gasteiger partial charge in [0.05, 0.1) is 25.5 Å². The largest absolute Gasteiger partial charge is 0.494 e. The van der Waals surface area contributed by atoms with Crippen molar-refractivity contribution in [3.8, 4) is 5.75 Å². The molecule has 2 aromatic carbocycles. The molecule has 2 aromatic rings. The molecule has 1 spiro atoms. The second-order valence-electron chi connectivity index (χ2n) is 6.44. The van der Waals surface area contributed by atoms with E-state index in [1.807, 2.05) is 18.2 Å². The fourth-order valence-corrected chi connectivity index (χ4v) is 3.68. The van der Waals surface area contributed by atoms with E-state index in [2.05, 4.69) is 0 Å². The smallest absolute Gasteiger partial charge is 0.292 e. The number of hydrogen-bond acceptors (Lipinski definition) is 4. The Morgan fingerprint density at radius 2 is 1.74 bits per heavy atom. The molecule has 2 heterocycles. The molecular formula is C20H19Cl2NO4. The van der Waals surface area contributed by atoms with E-state index in [-0.39, 0.29) is 5.91 Å². The Bertz CT molecular complexity index is 834. The molecule has 0 aromatic heterocycles. The first-order valence-corrected chi connectivity index (χ1v) is 9.64. The van der Waals surface area contributed by atoms with Crippen LogP contribution in [0.5, 0.6) is 5.75 Å². The highest BCUT2D eigenvalue weighted by atomic mass is 35.5. The van der Waals surface area contributed by atoms with Gasteiger partial charge in [-0.25, -0.2) is 0 Å². The first-order valence-electron chi connectivity index (χ1n) is 8.88. The van der Waals surface area contributed by atoms with Crippen molar-refractivity contribution in [2.24, 2.45) is 0 Å². The fraction of sp³-hybridized carbons (Fsp3) is 0.350. The number of nitrogens with zero attached hydrogens (tertiary/aromatic N) is 1. The van der Waals surface area contributed by atoms with Crippen LogP contribution in [0.4, 0.5) is 5.69 Å². The van der Waals surface area contributed by atoms with Gasteiger partial charge in [-0.1, -0.05) is 23.2 Å². The third-order valence-corrected chi connectivity index (χ3v) is 5.13. The van der Waals surface area contributed by atoms with E-state index in [9.17, 15) is 4.79 Å². The SMILES string of the molecule is O=C1N(CCCOc2ccc(Cl)cc2)c2ccc(Cl)cc2C12OCCCO2. The molecule has 0 N–H and O–H groups in total. The summed E-state index contributed by atoms with van der Waals surface area (Å²) in [5.74, 6) is -0.823. The van der Waals surface area contributed by atoms with Gasteiger partial charge in [0.15, 0.2) is 0 Å². The van der Waals surface area contributed by atoms with Gasteiger partial charge in [0, 0.05) is 22.2 Å². The Morgan fingerprint density at radius 3 is 2.48 bits per heavy atom. The molecule has 1 fully saturated rings. The van der Waals surface area contributed by atoms with Crippen LogP contribution in [-0.2, 0) is 20.1 Å². The number of hydrogen-bond donors (Lipinski definition) is 0. The summed E-state index contributed by atoms with van der Waals surface area (Å²) in [7, 11) is 0. The molecule has 0 radical (unpaired) electrons. The van der Waals surface area contributed by atoms with E-state index >= 15 is 0 Å². The van der Waals surface area contributed by atoms with Gasteiger partial charge in [-0.3, -0.25) is 4.79 Å². The lowest BCUT2D eigenvalue weighted by Crippen LogP contribution is -2.47. The highest BCUT2D eigenvalue weighted by Gasteiger charge is 2.54. The van der Waals surface area contributed by atoms with Crippen LogP contribution < -0.4 is 9.64 Å². The van der Waals surface area contributed by atoms with Gasteiger partial charge >= 0.3 is 0 Å². The molecule has 7 heteroatoms. The topological polar surface area (TPSA) is 48.0 Å². The van der Waals surface area contributed by atoms with E-state index in [1.165, 1.54) is 0 Å². The third kappa shape index (κ3) is 3.52. The average Bonchev–Trinajstić information content (AvgIpc) is 2.89. The van der Waals surface area contributed by atoms with Crippen molar-refractivity contribution in [2.45, 2.75) is 18.6 Å². The lowest BCUT2D eigenvalue weighted by molar-refractivity contribution is -0.256. The highest BCUT2D eigenvalue weighted by Crippen LogP contribution is 2.46. The summed E-state index contributed by atoms with van der Waals surface area (Å²) in [5, 5.41) is 1.21. The van der Waals surface area contributed by atoms with Crippen LogP contribution in [0.1, 0.15) is 18.4 Å². The van der Waals surface area contributed by atoms with Crippen molar-refractivity contribution in [3.05, 3.63) is 58.1 Å². The number of anilines is 1. The molecule has 1 amide bonds. The van der Waals surface area contributed by atoms with Crippen LogP contribution in [0.3, 0.4) is 0 Å². The van der Waals surface area contributed by atoms with Crippen LogP contribution in [0.25, 0.3) is 0 Å². The molecule has 0 bridgehead atoms. The van der Waals surface area contributed by atoms with Gasteiger partial charge < -0.3 is 19.1 Å². The predicted octanol–water partition coefficient (Wildman–Crippen LogP) is 4.40. The van der Waals surface area contributed by atoms with Crippen LogP contribution >= 0.6 is 23.2 Å². The molecule has 142 valence electrons. The minimum absolute atomic E-state index is 0.203. The summed E-state index contributed by atoms with van der Waals surface area (Å²) >= 11 is 12.0. The van der Waals surface area contributed by atoms with E-state index in [0.717, 1.165) is 17.9 Å². The molecule has 4 rings (SSSR count).